The molecule has 1 heterocycles. The Morgan fingerprint density at radius 2 is 1.85 bits per heavy atom. The van der Waals surface area contributed by atoms with Gasteiger partial charge in [-0.2, -0.15) is 0 Å². The van der Waals surface area contributed by atoms with Crippen molar-refractivity contribution >= 4 is 22.4 Å². The fourth-order valence-electron chi connectivity index (χ4n) is 2.00. The highest BCUT2D eigenvalue weighted by molar-refractivity contribution is 7.15. The van der Waals surface area contributed by atoms with E-state index in [9.17, 15) is 9.18 Å². The van der Waals surface area contributed by atoms with E-state index in [1.807, 2.05) is 18.2 Å². The average molecular weight is 373 g/mol. The minimum atomic E-state index is -0.680. The number of carbonyl (C=O) groups is 1. The first-order valence-electron chi connectivity index (χ1n) is 7.83. The molecule has 1 amide bonds. The Kier molecular flexibility index (Phi) is 5.75. The molecule has 8 heteroatoms. The number of para-hydroxylation sites is 1. The molecule has 6 nitrogen and oxygen atoms in total. The number of halogens is 1. The van der Waals surface area contributed by atoms with Gasteiger partial charge in [-0.3, -0.25) is 10.1 Å². The van der Waals surface area contributed by atoms with Crippen molar-refractivity contribution in [1.29, 1.82) is 0 Å². The Hall–Kier alpha value is -3.00. The molecule has 134 valence electrons. The van der Waals surface area contributed by atoms with Crippen LogP contribution in [0.3, 0.4) is 0 Å². The van der Waals surface area contributed by atoms with Crippen LogP contribution >= 0.6 is 11.3 Å². The van der Waals surface area contributed by atoms with Crippen LogP contribution in [0.4, 0.5) is 9.52 Å². The quantitative estimate of drug-likeness (QED) is 0.684. The second kappa shape index (κ2) is 8.39. The third-order valence-electron chi connectivity index (χ3n) is 3.30. The van der Waals surface area contributed by atoms with E-state index >= 15 is 0 Å². The van der Waals surface area contributed by atoms with E-state index in [1.54, 1.807) is 19.1 Å². The molecule has 0 saturated heterocycles. The maximum Gasteiger partial charge on any atom is 0.266 e. The molecule has 1 aromatic heterocycles. The van der Waals surface area contributed by atoms with E-state index in [0.717, 1.165) is 0 Å². The molecule has 3 aromatic rings. The number of ether oxygens (including phenoxy) is 2. The summed E-state index contributed by atoms with van der Waals surface area (Å²) < 4.78 is 23.9. The fraction of sp³-hybridized carbons (Fsp3) is 0.167. The third kappa shape index (κ3) is 5.00. The Bertz CT molecular complexity index is 856. The van der Waals surface area contributed by atoms with Crippen LogP contribution in [-0.4, -0.2) is 22.2 Å². The van der Waals surface area contributed by atoms with Crippen LogP contribution in [0, 0.1) is 5.82 Å². The first kappa shape index (κ1) is 17.8. The molecule has 0 bridgehead atoms. The van der Waals surface area contributed by atoms with Crippen molar-refractivity contribution in [2.75, 3.05) is 5.32 Å². The number of rotatable bonds is 7. The minimum absolute atomic E-state index is 0.176. The fourth-order valence-corrected chi connectivity index (χ4v) is 2.66. The van der Waals surface area contributed by atoms with Gasteiger partial charge in [0.1, 0.15) is 23.9 Å². The first-order valence-corrected chi connectivity index (χ1v) is 8.65. The lowest BCUT2D eigenvalue weighted by atomic mass is 10.3. The van der Waals surface area contributed by atoms with Gasteiger partial charge in [-0.05, 0) is 43.3 Å². The second-order valence-corrected chi connectivity index (χ2v) is 6.37. The van der Waals surface area contributed by atoms with Crippen molar-refractivity contribution in [3.05, 3.63) is 65.4 Å². The lowest BCUT2D eigenvalue weighted by Gasteiger charge is -2.13. The van der Waals surface area contributed by atoms with Gasteiger partial charge >= 0.3 is 0 Å². The number of anilines is 1. The Balaban J connectivity index is 1.51. The zero-order valence-electron chi connectivity index (χ0n) is 13.9. The zero-order valence-corrected chi connectivity index (χ0v) is 14.7. The highest BCUT2D eigenvalue weighted by Gasteiger charge is 2.17. The molecule has 1 unspecified atom stereocenters. The SMILES string of the molecule is CC(Oc1ccccc1)C(=O)Nc1nnc(COc2ccc(F)cc2)s1. The molecule has 0 spiro atoms. The molecular weight excluding hydrogens is 357 g/mol. The third-order valence-corrected chi connectivity index (χ3v) is 4.11. The lowest BCUT2D eigenvalue weighted by molar-refractivity contribution is -0.122. The van der Waals surface area contributed by atoms with Gasteiger partial charge in [0.15, 0.2) is 11.1 Å². The van der Waals surface area contributed by atoms with Gasteiger partial charge in [0, 0.05) is 0 Å². The molecule has 0 fully saturated rings. The van der Waals surface area contributed by atoms with Crippen LogP contribution in [-0.2, 0) is 11.4 Å². The summed E-state index contributed by atoms with van der Waals surface area (Å²) in [6.07, 6.45) is -0.680. The second-order valence-electron chi connectivity index (χ2n) is 5.31. The van der Waals surface area contributed by atoms with Crippen molar-refractivity contribution < 1.29 is 18.7 Å². The summed E-state index contributed by atoms with van der Waals surface area (Å²) in [6.45, 7) is 1.83. The topological polar surface area (TPSA) is 73.3 Å². The number of aromatic nitrogens is 2. The van der Waals surface area contributed by atoms with Gasteiger partial charge in [0.05, 0.1) is 0 Å². The maximum absolute atomic E-state index is 12.9. The van der Waals surface area contributed by atoms with Gasteiger partial charge in [0.25, 0.3) is 5.91 Å². The smallest absolute Gasteiger partial charge is 0.266 e. The van der Waals surface area contributed by atoms with Crippen molar-refractivity contribution in [2.45, 2.75) is 19.6 Å². The van der Waals surface area contributed by atoms with Crippen LogP contribution < -0.4 is 14.8 Å². The average Bonchev–Trinajstić information content (AvgIpc) is 3.09. The molecule has 0 radical (unpaired) electrons. The van der Waals surface area contributed by atoms with Crippen LogP contribution in [0.1, 0.15) is 11.9 Å². The van der Waals surface area contributed by atoms with E-state index in [-0.39, 0.29) is 18.3 Å². The Morgan fingerprint density at radius 3 is 2.58 bits per heavy atom. The van der Waals surface area contributed by atoms with Crippen molar-refractivity contribution in [3.8, 4) is 11.5 Å². The molecule has 0 aliphatic rings. The summed E-state index contributed by atoms with van der Waals surface area (Å²) >= 11 is 1.20. The van der Waals surface area contributed by atoms with Crippen LogP contribution in [0.2, 0.25) is 0 Å². The summed E-state index contributed by atoms with van der Waals surface area (Å²) in [4.78, 5) is 12.2. The number of carbonyl (C=O) groups excluding carboxylic acids is 1. The largest absolute Gasteiger partial charge is 0.486 e. The summed E-state index contributed by atoms with van der Waals surface area (Å²) in [5.41, 5.74) is 0. The monoisotopic (exact) mass is 373 g/mol. The number of amides is 1. The standard InChI is InChI=1S/C18H16FN3O3S/c1-12(25-15-5-3-2-4-6-15)17(23)20-18-22-21-16(26-18)11-24-14-9-7-13(19)8-10-14/h2-10,12H,11H2,1H3,(H,20,22,23). The van der Waals surface area contributed by atoms with Crippen LogP contribution in [0.15, 0.2) is 54.6 Å². The number of nitrogens with zero attached hydrogens (tertiary/aromatic N) is 2. The van der Waals surface area contributed by atoms with Crippen molar-refractivity contribution in [3.63, 3.8) is 0 Å². The van der Waals surface area contributed by atoms with Crippen molar-refractivity contribution in [1.82, 2.24) is 10.2 Å². The van der Waals surface area contributed by atoms with Gasteiger partial charge in [-0.15, -0.1) is 10.2 Å². The zero-order chi connectivity index (χ0) is 18.4. The minimum Gasteiger partial charge on any atom is -0.486 e. The Morgan fingerprint density at radius 1 is 1.12 bits per heavy atom. The van der Waals surface area contributed by atoms with Gasteiger partial charge < -0.3 is 9.47 Å². The molecule has 0 aliphatic carbocycles. The lowest BCUT2D eigenvalue weighted by Crippen LogP contribution is -2.30. The van der Waals surface area contributed by atoms with E-state index < -0.39 is 6.10 Å². The highest BCUT2D eigenvalue weighted by Crippen LogP contribution is 2.19. The predicted molar refractivity (Wildman–Crippen MR) is 95.8 cm³/mol. The van der Waals surface area contributed by atoms with Gasteiger partial charge in [-0.1, -0.05) is 29.5 Å². The van der Waals surface area contributed by atoms with Gasteiger partial charge in [0.2, 0.25) is 5.13 Å². The molecule has 0 saturated carbocycles. The van der Waals surface area contributed by atoms with E-state index in [1.165, 1.54) is 35.6 Å². The maximum atomic E-state index is 12.9. The molecular formula is C18H16FN3O3S. The molecule has 0 aliphatic heterocycles. The summed E-state index contributed by atoms with van der Waals surface area (Å²) in [6, 6.07) is 14.8. The molecule has 26 heavy (non-hydrogen) atoms. The number of hydrogen-bond donors (Lipinski definition) is 1. The number of nitrogens with one attached hydrogen (secondary N) is 1. The van der Waals surface area contributed by atoms with E-state index in [0.29, 0.717) is 21.6 Å². The number of hydrogen-bond acceptors (Lipinski definition) is 6. The summed E-state index contributed by atoms with van der Waals surface area (Å²) in [7, 11) is 0. The molecule has 2 aromatic carbocycles. The molecule has 3 rings (SSSR count). The Labute approximate surface area is 153 Å². The van der Waals surface area contributed by atoms with E-state index in [2.05, 4.69) is 15.5 Å². The van der Waals surface area contributed by atoms with Crippen molar-refractivity contribution in [2.24, 2.45) is 0 Å². The normalized spacial score (nSPS) is 11.6. The summed E-state index contributed by atoms with van der Waals surface area (Å²) in [5.74, 6) is 0.485. The van der Waals surface area contributed by atoms with Gasteiger partial charge in [-0.25, -0.2) is 4.39 Å². The highest BCUT2D eigenvalue weighted by atomic mass is 32.1. The van der Waals surface area contributed by atoms with Crippen LogP contribution in [0.5, 0.6) is 11.5 Å². The van der Waals surface area contributed by atoms with Crippen LogP contribution in [0.25, 0.3) is 0 Å². The van der Waals surface area contributed by atoms with E-state index in [4.69, 9.17) is 9.47 Å². The number of benzene rings is 2. The molecule has 1 atom stereocenters. The summed E-state index contributed by atoms with van der Waals surface area (Å²) in [5, 5.41) is 11.5. The molecule has 1 N–H and O–H groups in total. The first-order chi connectivity index (χ1) is 12.6. The predicted octanol–water partition coefficient (Wildman–Crippen LogP) is 3.66.